The van der Waals surface area contributed by atoms with Crippen LogP contribution in [0.25, 0.3) is 0 Å². The zero-order chi connectivity index (χ0) is 16.7. The number of hydrogen-bond donors (Lipinski definition) is 0. The molecule has 4 bridgehead atoms. The Hall–Kier alpha value is -0.530. The molecule has 0 saturated heterocycles. The molecule has 0 spiro atoms. The molecule has 0 heterocycles. The van der Waals surface area contributed by atoms with Crippen molar-refractivity contribution in [3.8, 4) is 0 Å². The molecule has 0 N–H and O–H groups in total. The number of rotatable bonds is 7. The van der Waals surface area contributed by atoms with E-state index in [2.05, 4.69) is 20.8 Å². The molecule has 0 aliphatic heterocycles. The van der Waals surface area contributed by atoms with Gasteiger partial charge in [-0.3, -0.25) is 4.79 Å². The molecule has 0 aromatic rings. The molecule has 4 aliphatic rings. The first-order chi connectivity index (χ1) is 10.9. The molecule has 0 aromatic heterocycles. The molecular formula is C23H44O2. The minimum Gasteiger partial charge on any atom is -0.459 e. The number of carbonyl (C=O) groups excluding carboxylic acids is 1. The van der Waals surface area contributed by atoms with Crippen LogP contribution in [0.2, 0.25) is 0 Å². The lowest BCUT2D eigenvalue weighted by atomic mass is 9.45. The fourth-order valence-electron chi connectivity index (χ4n) is 6.19. The van der Waals surface area contributed by atoms with Crippen molar-refractivity contribution in [2.45, 2.75) is 112 Å². The molecule has 2 atom stereocenters. The molecule has 4 saturated carbocycles. The molecule has 0 aromatic carbocycles. The van der Waals surface area contributed by atoms with Crippen LogP contribution >= 0.6 is 0 Å². The SMILES string of the molecule is C.C.CCCCC(C)(OC(=O)C(C)CC)C12CC3CC(CC(C3)C1)C2. The van der Waals surface area contributed by atoms with E-state index >= 15 is 0 Å². The minimum atomic E-state index is -0.237. The second kappa shape index (κ2) is 8.44. The zero-order valence-corrected chi connectivity index (χ0v) is 15.7. The van der Waals surface area contributed by atoms with Crippen molar-refractivity contribution >= 4 is 5.97 Å². The van der Waals surface area contributed by atoms with Crippen LogP contribution in [0.3, 0.4) is 0 Å². The summed E-state index contributed by atoms with van der Waals surface area (Å²) < 4.78 is 6.34. The van der Waals surface area contributed by atoms with Gasteiger partial charge in [-0.25, -0.2) is 0 Å². The fraction of sp³-hybridized carbons (Fsp3) is 0.957. The molecule has 2 unspecified atom stereocenters. The number of esters is 1. The normalized spacial score (nSPS) is 35.9. The molecule has 4 rings (SSSR count). The van der Waals surface area contributed by atoms with Crippen molar-refractivity contribution in [2.24, 2.45) is 29.1 Å². The molecule has 148 valence electrons. The summed E-state index contributed by atoms with van der Waals surface area (Å²) in [6, 6.07) is 0. The van der Waals surface area contributed by atoms with E-state index in [-0.39, 0.29) is 37.8 Å². The van der Waals surface area contributed by atoms with E-state index < -0.39 is 0 Å². The predicted octanol–water partition coefficient (Wildman–Crippen LogP) is 7.01. The lowest BCUT2D eigenvalue weighted by Crippen LogP contribution is -2.59. The standard InChI is InChI=1S/C21H36O2.2CH4/c1-5-7-8-20(4,23-19(22)15(3)6-2)21-12-16-9-17(13-21)11-18(10-16)14-21;;/h15-18H,5-14H2,1-4H3;2*1H4. The Morgan fingerprint density at radius 1 is 1.08 bits per heavy atom. The third kappa shape index (κ3) is 4.08. The van der Waals surface area contributed by atoms with E-state index in [0.29, 0.717) is 0 Å². The van der Waals surface area contributed by atoms with E-state index in [1.165, 1.54) is 51.4 Å². The van der Waals surface area contributed by atoms with Gasteiger partial charge in [0.1, 0.15) is 5.60 Å². The number of ether oxygens (including phenoxy) is 1. The molecule has 4 aliphatic carbocycles. The number of unbranched alkanes of at least 4 members (excludes halogenated alkanes) is 1. The summed E-state index contributed by atoms with van der Waals surface area (Å²) in [4.78, 5) is 12.6. The van der Waals surface area contributed by atoms with Gasteiger partial charge in [-0.2, -0.15) is 0 Å². The highest BCUT2D eigenvalue weighted by atomic mass is 16.6. The van der Waals surface area contributed by atoms with Gasteiger partial charge in [-0.1, -0.05) is 42.0 Å². The Balaban J connectivity index is 0.00000156. The van der Waals surface area contributed by atoms with E-state index in [0.717, 1.165) is 30.6 Å². The third-order valence-corrected chi connectivity index (χ3v) is 7.51. The molecule has 4 fully saturated rings. The van der Waals surface area contributed by atoms with Gasteiger partial charge >= 0.3 is 5.97 Å². The topological polar surface area (TPSA) is 26.3 Å². The summed E-state index contributed by atoms with van der Waals surface area (Å²) in [7, 11) is 0. The molecule has 0 amide bonds. The van der Waals surface area contributed by atoms with Crippen LogP contribution in [0.15, 0.2) is 0 Å². The lowest BCUT2D eigenvalue weighted by molar-refractivity contribution is -0.209. The van der Waals surface area contributed by atoms with Gasteiger partial charge in [0.25, 0.3) is 0 Å². The molecular weight excluding hydrogens is 308 g/mol. The van der Waals surface area contributed by atoms with Gasteiger partial charge in [0.2, 0.25) is 0 Å². The largest absolute Gasteiger partial charge is 0.459 e. The Bertz CT molecular complexity index is 406. The Kier molecular flexibility index (Phi) is 7.60. The van der Waals surface area contributed by atoms with Gasteiger partial charge in [-0.05, 0) is 82.5 Å². The Morgan fingerprint density at radius 2 is 1.56 bits per heavy atom. The maximum atomic E-state index is 12.6. The molecule has 25 heavy (non-hydrogen) atoms. The zero-order valence-electron chi connectivity index (χ0n) is 15.7. The van der Waals surface area contributed by atoms with Crippen molar-refractivity contribution < 1.29 is 9.53 Å². The van der Waals surface area contributed by atoms with Crippen molar-refractivity contribution in [1.29, 1.82) is 0 Å². The second-order valence-corrected chi connectivity index (χ2v) is 9.26. The van der Waals surface area contributed by atoms with E-state index in [4.69, 9.17) is 4.74 Å². The first-order valence-electron chi connectivity index (χ1n) is 10.1. The monoisotopic (exact) mass is 352 g/mol. The van der Waals surface area contributed by atoms with Gasteiger partial charge in [0.15, 0.2) is 0 Å². The van der Waals surface area contributed by atoms with Crippen molar-refractivity contribution in [2.75, 3.05) is 0 Å². The summed E-state index contributed by atoms with van der Waals surface area (Å²) in [6.07, 6.45) is 12.6. The van der Waals surface area contributed by atoms with Crippen LogP contribution in [0, 0.1) is 29.1 Å². The van der Waals surface area contributed by atoms with Crippen molar-refractivity contribution in [3.63, 3.8) is 0 Å². The van der Waals surface area contributed by atoms with E-state index in [9.17, 15) is 4.79 Å². The maximum absolute atomic E-state index is 12.6. The van der Waals surface area contributed by atoms with E-state index in [1.54, 1.807) is 0 Å². The van der Waals surface area contributed by atoms with Gasteiger partial charge < -0.3 is 4.74 Å². The highest BCUT2D eigenvalue weighted by Crippen LogP contribution is 2.65. The summed E-state index contributed by atoms with van der Waals surface area (Å²) in [5.74, 6) is 2.80. The smallest absolute Gasteiger partial charge is 0.309 e. The number of hydrogen-bond acceptors (Lipinski definition) is 2. The van der Waals surface area contributed by atoms with Crippen LogP contribution in [-0.2, 0) is 9.53 Å². The van der Waals surface area contributed by atoms with Gasteiger partial charge in [-0.15, -0.1) is 0 Å². The first kappa shape index (κ1) is 22.5. The summed E-state index contributed by atoms with van der Waals surface area (Å²) in [6.45, 7) is 8.63. The second-order valence-electron chi connectivity index (χ2n) is 9.26. The molecule has 2 heteroatoms. The van der Waals surface area contributed by atoms with Gasteiger partial charge in [0.05, 0.1) is 5.92 Å². The Labute approximate surface area is 157 Å². The molecule has 2 nitrogen and oxygen atoms in total. The highest BCUT2D eigenvalue weighted by molar-refractivity contribution is 5.72. The summed E-state index contributed by atoms with van der Waals surface area (Å²) in [5, 5.41) is 0. The average molecular weight is 353 g/mol. The lowest BCUT2D eigenvalue weighted by Gasteiger charge is -2.62. The Morgan fingerprint density at radius 3 is 1.96 bits per heavy atom. The van der Waals surface area contributed by atoms with Crippen LogP contribution in [0.5, 0.6) is 0 Å². The molecule has 0 radical (unpaired) electrons. The first-order valence-corrected chi connectivity index (χ1v) is 10.1. The quantitative estimate of drug-likeness (QED) is 0.460. The van der Waals surface area contributed by atoms with Crippen LogP contribution in [0.4, 0.5) is 0 Å². The van der Waals surface area contributed by atoms with Crippen LogP contribution in [-0.4, -0.2) is 11.6 Å². The maximum Gasteiger partial charge on any atom is 0.309 e. The van der Waals surface area contributed by atoms with Gasteiger partial charge in [0, 0.05) is 5.41 Å². The third-order valence-electron chi connectivity index (χ3n) is 7.51. The summed E-state index contributed by atoms with van der Waals surface area (Å²) in [5.41, 5.74) is 0.0412. The minimum absolute atomic E-state index is 0. The fourth-order valence-corrected chi connectivity index (χ4v) is 6.19. The van der Waals surface area contributed by atoms with Crippen LogP contribution < -0.4 is 0 Å². The summed E-state index contributed by atoms with van der Waals surface area (Å²) >= 11 is 0. The van der Waals surface area contributed by atoms with E-state index in [1.807, 2.05) is 6.92 Å². The average Bonchev–Trinajstić information content (AvgIpc) is 2.50. The predicted molar refractivity (Wildman–Crippen MR) is 108 cm³/mol. The van der Waals surface area contributed by atoms with Crippen molar-refractivity contribution in [1.82, 2.24) is 0 Å². The number of carbonyl (C=O) groups is 1. The van der Waals surface area contributed by atoms with Crippen molar-refractivity contribution in [3.05, 3.63) is 0 Å². The van der Waals surface area contributed by atoms with Crippen LogP contribution in [0.1, 0.15) is 107 Å². The highest BCUT2D eigenvalue weighted by Gasteiger charge is 2.60.